The van der Waals surface area contributed by atoms with Crippen molar-refractivity contribution in [2.75, 3.05) is 0 Å². The third kappa shape index (κ3) is 4.18. The molecule has 5 aromatic rings. The number of para-hydroxylation sites is 1. The summed E-state index contributed by atoms with van der Waals surface area (Å²) < 4.78 is 15.8. The number of aromatic carboxylic acids is 1. The molecule has 0 saturated heterocycles. The van der Waals surface area contributed by atoms with Crippen LogP contribution in [0.1, 0.15) is 21.5 Å². The smallest absolute Gasteiger partial charge is 0.335 e. The van der Waals surface area contributed by atoms with Crippen LogP contribution in [0.4, 0.5) is 15.8 Å². The van der Waals surface area contributed by atoms with Crippen molar-refractivity contribution in [1.82, 2.24) is 4.57 Å². The van der Waals surface area contributed by atoms with Crippen LogP contribution >= 0.6 is 0 Å². The molecular formula is C29H22FN3O4. The third-order valence-electron chi connectivity index (χ3n) is 6.39. The van der Waals surface area contributed by atoms with Gasteiger partial charge >= 0.3 is 5.97 Å². The van der Waals surface area contributed by atoms with E-state index >= 15 is 0 Å². The molecule has 4 aromatic carbocycles. The summed E-state index contributed by atoms with van der Waals surface area (Å²) in [6.45, 7) is 3.90. The van der Waals surface area contributed by atoms with Crippen molar-refractivity contribution in [1.29, 1.82) is 0 Å². The number of aryl methyl sites for hydroxylation is 1. The minimum atomic E-state index is -1.08. The molecule has 0 saturated carbocycles. The van der Waals surface area contributed by atoms with E-state index in [9.17, 15) is 24.5 Å². The molecule has 0 radical (unpaired) electrons. The Morgan fingerprint density at radius 1 is 0.892 bits per heavy atom. The normalized spacial score (nSPS) is 11.4. The lowest BCUT2D eigenvalue weighted by Crippen LogP contribution is -1.97. The number of hydrogen-bond acceptors (Lipinski definition) is 5. The summed E-state index contributed by atoms with van der Waals surface area (Å²) in [6, 6.07) is 20.8. The highest BCUT2D eigenvalue weighted by molar-refractivity contribution is 5.97. The van der Waals surface area contributed by atoms with E-state index in [4.69, 9.17) is 0 Å². The minimum absolute atomic E-state index is 0.0492. The Hall–Kier alpha value is -4.98. The lowest BCUT2D eigenvalue weighted by atomic mass is 10.0. The number of nitrogens with zero attached hydrogens (tertiary/aromatic N) is 3. The van der Waals surface area contributed by atoms with Gasteiger partial charge in [-0.3, -0.25) is 4.57 Å². The molecule has 0 aliphatic heterocycles. The van der Waals surface area contributed by atoms with Crippen molar-refractivity contribution in [3.63, 3.8) is 0 Å². The van der Waals surface area contributed by atoms with Gasteiger partial charge in [-0.2, -0.15) is 0 Å². The maximum absolute atomic E-state index is 14.2. The number of aromatic nitrogens is 1. The van der Waals surface area contributed by atoms with Gasteiger partial charge in [-0.1, -0.05) is 36.4 Å². The molecule has 0 atom stereocenters. The Morgan fingerprint density at radius 3 is 2.43 bits per heavy atom. The molecule has 0 amide bonds. The average molecular weight is 496 g/mol. The first-order chi connectivity index (χ1) is 17.8. The van der Waals surface area contributed by atoms with Gasteiger partial charge in [0.1, 0.15) is 11.5 Å². The summed E-state index contributed by atoms with van der Waals surface area (Å²) in [5, 5.41) is 40.1. The number of rotatable bonds is 5. The number of fused-ring (bicyclic) bond motifs is 1. The van der Waals surface area contributed by atoms with Crippen molar-refractivity contribution in [3.8, 4) is 28.4 Å². The fourth-order valence-electron chi connectivity index (χ4n) is 4.32. The Kier molecular flexibility index (Phi) is 5.93. The van der Waals surface area contributed by atoms with Crippen LogP contribution in [-0.2, 0) is 0 Å². The van der Waals surface area contributed by atoms with Gasteiger partial charge in [0.15, 0.2) is 11.4 Å². The second kappa shape index (κ2) is 9.23. The molecule has 5 rings (SSSR count). The number of phenols is 1. The number of hydrogen-bond donors (Lipinski definition) is 3. The van der Waals surface area contributed by atoms with Gasteiger partial charge in [-0.05, 0) is 73.0 Å². The zero-order chi connectivity index (χ0) is 26.3. The minimum Gasteiger partial charge on any atom is -0.505 e. The summed E-state index contributed by atoms with van der Waals surface area (Å²) in [4.78, 5) is 11.4. The van der Waals surface area contributed by atoms with E-state index in [-0.39, 0.29) is 28.6 Å². The molecule has 0 unspecified atom stereocenters. The number of carboxylic acids is 1. The topological polar surface area (TPSA) is 107 Å². The molecule has 0 aliphatic carbocycles. The zero-order valence-corrected chi connectivity index (χ0v) is 20.0. The largest absolute Gasteiger partial charge is 0.505 e. The molecule has 8 heteroatoms. The number of phenolic OH excluding ortho intramolecular Hbond substituents is 1. The van der Waals surface area contributed by atoms with Crippen LogP contribution in [0, 0.1) is 19.7 Å². The van der Waals surface area contributed by atoms with E-state index in [0.29, 0.717) is 22.0 Å². The second-order valence-electron chi connectivity index (χ2n) is 8.65. The standard InChI is InChI=1S/C29H22FN3O4/c1-16-6-3-11-24(17(16)2)33-25-13-12-20(30)15-22(25)26(28(33)35)32-31-23-10-5-9-21(27(23)34)18-7-4-8-19(14-18)29(36)37/h3-15,34-35H,1-2H3,(H,36,37). The van der Waals surface area contributed by atoms with Gasteiger partial charge in [-0.15, -0.1) is 10.2 Å². The monoisotopic (exact) mass is 495 g/mol. The molecular weight excluding hydrogens is 473 g/mol. The van der Waals surface area contributed by atoms with Gasteiger partial charge in [0, 0.05) is 10.9 Å². The first kappa shape index (κ1) is 23.7. The first-order valence-corrected chi connectivity index (χ1v) is 11.4. The number of benzene rings is 4. The van der Waals surface area contributed by atoms with Crippen LogP contribution in [0.5, 0.6) is 11.6 Å². The van der Waals surface area contributed by atoms with E-state index in [1.165, 1.54) is 30.3 Å². The predicted octanol–water partition coefficient (Wildman–Crippen LogP) is 7.58. The summed E-state index contributed by atoms with van der Waals surface area (Å²) in [6.07, 6.45) is 0. The van der Waals surface area contributed by atoms with Crippen LogP contribution in [0.2, 0.25) is 0 Å². The lowest BCUT2D eigenvalue weighted by Gasteiger charge is -2.12. The van der Waals surface area contributed by atoms with Gasteiger partial charge < -0.3 is 15.3 Å². The molecule has 1 heterocycles. The summed E-state index contributed by atoms with van der Waals surface area (Å²) in [7, 11) is 0. The van der Waals surface area contributed by atoms with Crippen LogP contribution < -0.4 is 0 Å². The van der Waals surface area contributed by atoms with Gasteiger partial charge in [-0.25, -0.2) is 9.18 Å². The maximum atomic E-state index is 14.2. The van der Waals surface area contributed by atoms with Gasteiger partial charge in [0.2, 0.25) is 5.88 Å². The molecule has 0 fully saturated rings. The molecule has 7 nitrogen and oxygen atoms in total. The van der Waals surface area contributed by atoms with E-state index in [1.54, 1.807) is 34.9 Å². The number of aromatic hydroxyl groups is 2. The molecule has 0 bridgehead atoms. The van der Waals surface area contributed by atoms with Crippen molar-refractivity contribution in [3.05, 3.63) is 101 Å². The van der Waals surface area contributed by atoms with Crippen molar-refractivity contribution >= 4 is 28.2 Å². The van der Waals surface area contributed by atoms with Crippen LogP contribution in [0.15, 0.2) is 89.1 Å². The highest BCUT2D eigenvalue weighted by atomic mass is 19.1. The van der Waals surface area contributed by atoms with Crippen LogP contribution in [0.25, 0.3) is 27.7 Å². The Labute approximate surface area is 211 Å². The predicted molar refractivity (Wildman–Crippen MR) is 139 cm³/mol. The quantitative estimate of drug-likeness (QED) is 0.218. The first-order valence-electron chi connectivity index (χ1n) is 11.4. The second-order valence-corrected chi connectivity index (χ2v) is 8.65. The van der Waals surface area contributed by atoms with Crippen LogP contribution in [0.3, 0.4) is 0 Å². The van der Waals surface area contributed by atoms with E-state index in [1.807, 2.05) is 32.0 Å². The van der Waals surface area contributed by atoms with E-state index in [2.05, 4.69) is 10.2 Å². The summed E-state index contributed by atoms with van der Waals surface area (Å²) in [5.41, 5.74) is 4.32. The number of carboxylic acid groups (broad SMARTS) is 1. The highest BCUT2D eigenvalue weighted by Gasteiger charge is 2.20. The highest BCUT2D eigenvalue weighted by Crippen LogP contribution is 2.44. The van der Waals surface area contributed by atoms with E-state index < -0.39 is 11.8 Å². The molecule has 1 aromatic heterocycles. The van der Waals surface area contributed by atoms with Crippen LogP contribution in [-0.4, -0.2) is 25.9 Å². The van der Waals surface area contributed by atoms with Crippen molar-refractivity contribution in [2.45, 2.75) is 13.8 Å². The SMILES string of the molecule is Cc1cccc(-n2c(O)c(N=Nc3cccc(-c4cccc(C(=O)O)c4)c3O)c3cc(F)ccc32)c1C. The lowest BCUT2D eigenvalue weighted by molar-refractivity contribution is 0.0697. The number of halogens is 1. The molecule has 0 spiro atoms. The number of azo groups is 1. The summed E-state index contributed by atoms with van der Waals surface area (Å²) >= 11 is 0. The average Bonchev–Trinajstić information content (AvgIpc) is 3.15. The fourth-order valence-corrected chi connectivity index (χ4v) is 4.32. The molecule has 37 heavy (non-hydrogen) atoms. The Balaban J connectivity index is 1.64. The Bertz CT molecular complexity index is 1720. The maximum Gasteiger partial charge on any atom is 0.335 e. The van der Waals surface area contributed by atoms with E-state index in [0.717, 1.165) is 16.8 Å². The molecule has 3 N–H and O–H groups in total. The zero-order valence-electron chi connectivity index (χ0n) is 20.0. The fraction of sp³-hybridized carbons (Fsp3) is 0.0690. The van der Waals surface area contributed by atoms with Gasteiger partial charge in [0.05, 0.1) is 16.8 Å². The number of carbonyl (C=O) groups is 1. The van der Waals surface area contributed by atoms with Crippen molar-refractivity contribution < 1.29 is 24.5 Å². The Morgan fingerprint density at radius 2 is 1.65 bits per heavy atom. The van der Waals surface area contributed by atoms with Crippen molar-refractivity contribution in [2.24, 2.45) is 10.2 Å². The third-order valence-corrected chi connectivity index (χ3v) is 6.39. The molecule has 184 valence electrons. The van der Waals surface area contributed by atoms with Gasteiger partial charge in [0.25, 0.3) is 0 Å². The molecule has 0 aliphatic rings. The summed E-state index contributed by atoms with van der Waals surface area (Å²) in [5.74, 6) is -2.01.